The van der Waals surface area contributed by atoms with Crippen LogP contribution < -0.4 is 27.4 Å². The van der Waals surface area contributed by atoms with E-state index in [-0.39, 0.29) is 31.8 Å². The van der Waals surface area contributed by atoms with Crippen LogP contribution in [0, 0.1) is 6.92 Å². The topological polar surface area (TPSA) is 215 Å². The summed E-state index contributed by atoms with van der Waals surface area (Å²) in [4.78, 5) is 65.0. The third-order valence-corrected chi connectivity index (χ3v) is 5.52. The van der Waals surface area contributed by atoms with Crippen LogP contribution in [0.4, 0.5) is 4.79 Å². The Bertz CT molecular complexity index is 996. The van der Waals surface area contributed by atoms with Crippen LogP contribution in [0.25, 0.3) is 0 Å². The molecule has 0 spiro atoms. The number of aryl methyl sites for hydroxylation is 1. The van der Waals surface area contributed by atoms with Crippen LogP contribution in [-0.2, 0) is 30.3 Å². The summed E-state index contributed by atoms with van der Waals surface area (Å²) in [6, 6.07) is 5.21. The van der Waals surface area contributed by atoms with E-state index in [0.29, 0.717) is 18.3 Å². The molecule has 0 aromatic heterocycles. The van der Waals surface area contributed by atoms with Crippen molar-refractivity contribution in [3.63, 3.8) is 0 Å². The van der Waals surface area contributed by atoms with E-state index in [2.05, 4.69) is 25.7 Å². The molecule has 0 aliphatic heterocycles. The van der Waals surface area contributed by atoms with Crippen molar-refractivity contribution < 1.29 is 33.8 Å². The molecule has 3 amide bonds. The number of carboxylic acid groups (broad SMARTS) is 1. The highest BCUT2D eigenvalue weighted by atomic mass is 16.5. The number of benzene rings is 1. The van der Waals surface area contributed by atoms with Gasteiger partial charge in [0.25, 0.3) is 0 Å². The maximum Gasteiger partial charge on any atom is 0.407 e. The zero-order chi connectivity index (χ0) is 28.0. The highest BCUT2D eigenvalue weighted by molar-refractivity contribution is 5.95. The number of aldehydes is 1. The number of methoxy groups -OCH3 is 1. The molecule has 0 saturated carbocycles. The molecule has 0 fully saturated rings. The Labute approximate surface area is 215 Å². The molecule has 0 radical (unpaired) electrons. The maximum absolute atomic E-state index is 13.5. The monoisotopic (exact) mass is 520 g/mol. The number of nitrogens with one attached hydrogen (secondary N) is 3. The first-order chi connectivity index (χ1) is 17.4. The number of carbonyl (C=O) groups excluding carboxylic acids is 4. The molecule has 0 saturated heterocycles. The summed E-state index contributed by atoms with van der Waals surface area (Å²) >= 11 is 0. The summed E-state index contributed by atoms with van der Waals surface area (Å²) in [7, 11) is 1.12. The molecule has 37 heavy (non-hydrogen) atoms. The minimum Gasteiger partial charge on any atom is -0.481 e. The van der Waals surface area contributed by atoms with Gasteiger partial charge >= 0.3 is 12.1 Å². The highest BCUT2D eigenvalue weighted by Gasteiger charge is 2.42. The van der Waals surface area contributed by atoms with Gasteiger partial charge in [-0.15, -0.1) is 0 Å². The normalized spacial score (nSPS) is 13.7. The third-order valence-electron chi connectivity index (χ3n) is 5.52. The fourth-order valence-electron chi connectivity index (χ4n) is 3.58. The smallest absolute Gasteiger partial charge is 0.407 e. The second kappa shape index (κ2) is 15.1. The lowest BCUT2D eigenvalue weighted by molar-refractivity contribution is -0.138. The predicted octanol–water partition coefficient (Wildman–Crippen LogP) is -0.261. The van der Waals surface area contributed by atoms with Crippen LogP contribution in [0.1, 0.15) is 43.7 Å². The number of guanidine groups is 1. The van der Waals surface area contributed by atoms with Crippen LogP contribution >= 0.6 is 0 Å². The number of nitrogens with zero attached hydrogens (tertiary/aromatic N) is 1. The summed E-state index contributed by atoms with van der Waals surface area (Å²) in [6.45, 7) is 3.53. The summed E-state index contributed by atoms with van der Waals surface area (Å²) in [5.74, 6) is -2.68. The number of hydrogen-bond acceptors (Lipinski definition) is 7. The van der Waals surface area contributed by atoms with Gasteiger partial charge in [-0.05, 0) is 38.7 Å². The van der Waals surface area contributed by atoms with E-state index in [0.717, 1.165) is 12.7 Å². The van der Waals surface area contributed by atoms with Gasteiger partial charge in [-0.1, -0.05) is 29.8 Å². The predicted molar refractivity (Wildman–Crippen MR) is 136 cm³/mol. The van der Waals surface area contributed by atoms with Gasteiger partial charge in [-0.2, -0.15) is 0 Å². The first-order valence-electron chi connectivity index (χ1n) is 11.7. The molecular formula is C24H36N6O7. The van der Waals surface area contributed by atoms with Gasteiger partial charge in [-0.3, -0.25) is 19.4 Å². The Balaban J connectivity index is 3.10. The van der Waals surface area contributed by atoms with Gasteiger partial charge in [0.1, 0.15) is 17.9 Å². The van der Waals surface area contributed by atoms with E-state index >= 15 is 0 Å². The van der Waals surface area contributed by atoms with Crippen molar-refractivity contribution >= 4 is 36.1 Å². The quantitative estimate of drug-likeness (QED) is 0.0776. The van der Waals surface area contributed by atoms with Crippen molar-refractivity contribution in [2.24, 2.45) is 16.5 Å². The largest absolute Gasteiger partial charge is 0.481 e. The van der Waals surface area contributed by atoms with E-state index in [1.807, 2.05) is 13.0 Å². The lowest BCUT2D eigenvalue weighted by Gasteiger charge is -2.34. The van der Waals surface area contributed by atoms with E-state index in [9.17, 15) is 29.1 Å². The van der Waals surface area contributed by atoms with Crippen molar-refractivity contribution in [3.05, 3.63) is 35.4 Å². The number of carbonyl (C=O) groups is 5. The fraction of sp³-hybridized carbons (Fsp3) is 0.500. The Morgan fingerprint density at radius 1 is 1.22 bits per heavy atom. The molecule has 8 N–H and O–H groups in total. The molecule has 0 aliphatic rings. The summed E-state index contributed by atoms with van der Waals surface area (Å²) in [6.07, 6.45) is -0.436. The molecule has 0 aliphatic carbocycles. The van der Waals surface area contributed by atoms with Gasteiger partial charge in [0.05, 0.1) is 13.2 Å². The van der Waals surface area contributed by atoms with E-state index in [4.69, 9.17) is 11.5 Å². The van der Waals surface area contributed by atoms with Crippen LogP contribution in [0.5, 0.6) is 0 Å². The Morgan fingerprint density at radius 3 is 2.49 bits per heavy atom. The Kier molecular flexibility index (Phi) is 12.6. The van der Waals surface area contributed by atoms with Crippen molar-refractivity contribution in [1.29, 1.82) is 0 Å². The van der Waals surface area contributed by atoms with Gasteiger partial charge in [0, 0.05) is 19.4 Å². The van der Waals surface area contributed by atoms with Gasteiger partial charge in [0.2, 0.25) is 11.8 Å². The number of carboxylic acids is 1. The number of aliphatic imine (C=N–C) groups is 1. The summed E-state index contributed by atoms with van der Waals surface area (Å²) in [5, 5.41) is 16.8. The lowest BCUT2D eigenvalue weighted by Crippen LogP contribution is -2.63. The summed E-state index contributed by atoms with van der Waals surface area (Å²) < 4.78 is 4.68. The lowest BCUT2D eigenvalue weighted by atomic mass is 9.84. The molecular weight excluding hydrogens is 484 g/mol. The van der Waals surface area contributed by atoms with Crippen molar-refractivity contribution in [3.8, 4) is 0 Å². The first-order valence-corrected chi connectivity index (χ1v) is 11.7. The molecule has 13 heteroatoms. The maximum atomic E-state index is 13.5. The molecule has 1 aromatic carbocycles. The Hall–Kier alpha value is -4.16. The van der Waals surface area contributed by atoms with Gasteiger partial charge < -0.3 is 42.1 Å². The number of ether oxygens (including phenoxy) is 1. The average molecular weight is 521 g/mol. The standard InChI is InChI=1S/C24H36N6O7/c1-15-6-4-7-17(12-15)13-24(10-9-19(32)33,30-23(36)37-3)21(35)28-16(2)20(34)29-18(14-31)8-5-11-27-22(25)26/h4,6-7,12,14,16,18H,5,8-11,13H2,1-3H3,(H,28,35)(H,29,34)(H,30,36)(H,32,33)(H4,25,26,27). The van der Waals surface area contributed by atoms with E-state index in [1.165, 1.54) is 6.92 Å². The van der Waals surface area contributed by atoms with Crippen LogP contribution in [0.15, 0.2) is 29.3 Å². The van der Waals surface area contributed by atoms with Gasteiger partial charge in [-0.25, -0.2) is 4.79 Å². The second-order valence-electron chi connectivity index (χ2n) is 8.65. The van der Waals surface area contributed by atoms with E-state index in [1.54, 1.807) is 18.2 Å². The average Bonchev–Trinajstić information content (AvgIpc) is 2.83. The van der Waals surface area contributed by atoms with Crippen molar-refractivity contribution in [2.75, 3.05) is 13.7 Å². The minimum atomic E-state index is -1.74. The SMILES string of the molecule is COC(=O)NC(CCC(=O)O)(Cc1cccc(C)c1)C(=O)NC(C)C(=O)NC(C=O)CCCN=C(N)N. The molecule has 13 nitrogen and oxygen atoms in total. The molecule has 3 unspecified atom stereocenters. The van der Waals surface area contributed by atoms with Gasteiger partial charge in [0.15, 0.2) is 5.96 Å². The van der Waals surface area contributed by atoms with Crippen molar-refractivity contribution in [2.45, 2.75) is 63.6 Å². The molecule has 0 bridgehead atoms. The molecule has 3 atom stereocenters. The number of amides is 3. The first kappa shape index (κ1) is 30.9. The number of nitrogens with two attached hydrogens (primary N) is 2. The number of hydrogen-bond donors (Lipinski definition) is 6. The molecule has 1 aromatic rings. The zero-order valence-electron chi connectivity index (χ0n) is 21.3. The number of alkyl carbamates (subject to hydrolysis) is 1. The number of aliphatic carboxylic acids is 1. The molecule has 0 heterocycles. The van der Waals surface area contributed by atoms with Crippen molar-refractivity contribution in [1.82, 2.24) is 16.0 Å². The van der Waals surface area contributed by atoms with Crippen LogP contribution in [0.2, 0.25) is 0 Å². The number of rotatable bonds is 15. The second-order valence-corrected chi connectivity index (χ2v) is 8.65. The summed E-state index contributed by atoms with van der Waals surface area (Å²) in [5.41, 5.74) is 10.3. The minimum absolute atomic E-state index is 0.0566. The van der Waals surface area contributed by atoms with Crippen LogP contribution in [-0.4, -0.2) is 72.5 Å². The zero-order valence-corrected chi connectivity index (χ0v) is 21.3. The third kappa shape index (κ3) is 11.0. The Morgan fingerprint density at radius 2 is 1.92 bits per heavy atom. The molecule has 1 rings (SSSR count). The van der Waals surface area contributed by atoms with E-state index < -0.39 is 47.9 Å². The fourth-order valence-corrected chi connectivity index (χ4v) is 3.58. The van der Waals surface area contributed by atoms with Crippen LogP contribution in [0.3, 0.4) is 0 Å². The molecule has 204 valence electrons. The highest BCUT2D eigenvalue weighted by Crippen LogP contribution is 2.22.